The minimum Gasteiger partial charge on any atom is -0.497 e. The zero-order valence-corrected chi connectivity index (χ0v) is 15.5. The smallest absolute Gasteiger partial charge is 0.416 e. The first-order chi connectivity index (χ1) is 13.4. The van der Waals surface area contributed by atoms with E-state index in [0.29, 0.717) is 11.3 Å². The molecule has 0 heterocycles. The Labute approximate surface area is 161 Å². The number of carbonyl (C=O) groups is 1. The highest BCUT2D eigenvalue weighted by molar-refractivity contribution is 5.94. The molecule has 0 saturated heterocycles. The third-order valence-electron chi connectivity index (χ3n) is 4.76. The highest BCUT2D eigenvalue weighted by atomic mass is 19.4. The van der Waals surface area contributed by atoms with Crippen LogP contribution in [0.3, 0.4) is 0 Å². The van der Waals surface area contributed by atoms with Gasteiger partial charge in [-0.25, -0.2) is 0 Å². The van der Waals surface area contributed by atoms with Crippen LogP contribution in [0.2, 0.25) is 0 Å². The van der Waals surface area contributed by atoms with Crippen molar-refractivity contribution in [3.63, 3.8) is 0 Å². The van der Waals surface area contributed by atoms with E-state index in [1.54, 1.807) is 24.3 Å². The topological polar surface area (TPSA) is 47.6 Å². The predicted octanol–water partition coefficient (Wildman–Crippen LogP) is 4.97. The van der Waals surface area contributed by atoms with Gasteiger partial charge in [0, 0.05) is 12.1 Å². The van der Waals surface area contributed by atoms with E-state index in [9.17, 15) is 18.0 Å². The molecular weight excluding hydrogens is 371 g/mol. The van der Waals surface area contributed by atoms with E-state index in [1.807, 2.05) is 0 Å². The molecule has 0 radical (unpaired) electrons. The number of carbonyl (C=O) groups excluding carboxylic acids is 1. The average molecular weight is 393 g/mol. The molecule has 2 aromatic rings. The summed E-state index contributed by atoms with van der Waals surface area (Å²) in [6.07, 6.45) is -0.124. The van der Waals surface area contributed by atoms with Gasteiger partial charge in [0.05, 0.1) is 18.8 Å². The standard InChI is InChI=1S/C21H22F3NO3/c1-27-17-10-9-15(19(12-17)21(22,23)24)13-25-20(26)14-5-4-8-18(11-14)28-16-6-2-3-7-16/h4-5,8-12,16H,2-3,6-7,13H2,1H3,(H,25,26). The lowest BCUT2D eigenvalue weighted by atomic mass is 10.1. The minimum atomic E-state index is -4.54. The molecule has 0 atom stereocenters. The number of halogens is 3. The average Bonchev–Trinajstić information content (AvgIpc) is 3.18. The van der Waals surface area contributed by atoms with Gasteiger partial charge in [0.1, 0.15) is 11.5 Å². The monoisotopic (exact) mass is 393 g/mol. The molecule has 1 fully saturated rings. The van der Waals surface area contributed by atoms with E-state index >= 15 is 0 Å². The lowest BCUT2D eigenvalue weighted by Crippen LogP contribution is -2.24. The van der Waals surface area contributed by atoms with Crippen LogP contribution in [-0.2, 0) is 12.7 Å². The van der Waals surface area contributed by atoms with Crippen molar-refractivity contribution in [1.82, 2.24) is 5.32 Å². The zero-order chi connectivity index (χ0) is 20.1. The third kappa shape index (κ3) is 4.97. The van der Waals surface area contributed by atoms with Crippen molar-refractivity contribution in [2.75, 3.05) is 7.11 Å². The molecule has 0 aromatic heterocycles. The quantitative estimate of drug-likeness (QED) is 0.754. The molecule has 1 aliphatic rings. The van der Waals surface area contributed by atoms with Gasteiger partial charge in [0.15, 0.2) is 0 Å². The molecule has 1 saturated carbocycles. The summed E-state index contributed by atoms with van der Waals surface area (Å²) < 4.78 is 50.6. The maximum atomic E-state index is 13.3. The van der Waals surface area contributed by atoms with Gasteiger partial charge in [-0.15, -0.1) is 0 Å². The molecule has 0 bridgehead atoms. The molecule has 1 amide bonds. The number of methoxy groups -OCH3 is 1. The highest BCUT2D eigenvalue weighted by Crippen LogP contribution is 2.34. The Balaban J connectivity index is 1.69. The number of amides is 1. The van der Waals surface area contributed by atoms with Crippen LogP contribution in [-0.4, -0.2) is 19.1 Å². The molecule has 1 aliphatic carbocycles. The molecule has 28 heavy (non-hydrogen) atoms. The first kappa shape index (κ1) is 20.0. The molecule has 3 rings (SSSR count). The molecule has 0 unspecified atom stereocenters. The fourth-order valence-electron chi connectivity index (χ4n) is 3.29. The van der Waals surface area contributed by atoms with Crippen LogP contribution in [0.4, 0.5) is 13.2 Å². The highest BCUT2D eigenvalue weighted by Gasteiger charge is 2.33. The summed E-state index contributed by atoms with van der Waals surface area (Å²) in [7, 11) is 1.30. The van der Waals surface area contributed by atoms with Crippen LogP contribution in [0.5, 0.6) is 11.5 Å². The van der Waals surface area contributed by atoms with Crippen molar-refractivity contribution in [2.24, 2.45) is 0 Å². The number of benzene rings is 2. The lowest BCUT2D eigenvalue weighted by molar-refractivity contribution is -0.138. The van der Waals surface area contributed by atoms with Gasteiger partial charge in [-0.05, 0) is 61.6 Å². The maximum Gasteiger partial charge on any atom is 0.416 e. The second-order valence-electron chi connectivity index (χ2n) is 6.76. The second kappa shape index (κ2) is 8.54. The second-order valence-corrected chi connectivity index (χ2v) is 6.76. The van der Waals surface area contributed by atoms with E-state index in [-0.39, 0.29) is 24.0 Å². The Hall–Kier alpha value is -2.70. The van der Waals surface area contributed by atoms with Crippen molar-refractivity contribution in [3.8, 4) is 11.5 Å². The Morgan fingerprint density at radius 2 is 1.86 bits per heavy atom. The minimum absolute atomic E-state index is 0.0278. The van der Waals surface area contributed by atoms with Crippen LogP contribution >= 0.6 is 0 Å². The number of alkyl halides is 3. The summed E-state index contributed by atoms with van der Waals surface area (Å²) in [5, 5.41) is 2.55. The van der Waals surface area contributed by atoms with Crippen molar-refractivity contribution in [2.45, 2.75) is 44.5 Å². The summed E-state index contributed by atoms with van der Waals surface area (Å²) in [5.41, 5.74) is -0.511. The summed E-state index contributed by atoms with van der Waals surface area (Å²) in [6.45, 7) is -0.245. The Morgan fingerprint density at radius 1 is 1.11 bits per heavy atom. The van der Waals surface area contributed by atoms with Crippen LogP contribution < -0.4 is 14.8 Å². The predicted molar refractivity (Wildman–Crippen MR) is 98.5 cm³/mol. The molecule has 150 valence electrons. The fraction of sp³-hybridized carbons (Fsp3) is 0.381. The molecule has 2 aromatic carbocycles. The van der Waals surface area contributed by atoms with Crippen molar-refractivity contribution in [3.05, 3.63) is 59.2 Å². The van der Waals surface area contributed by atoms with Gasteiger partial charge in [0.2, 0.25) is 0 Å². The lowest BCUT2D eigenvalue weighted by Gasteiger charge is -2.15. The first-order valence-electron chi connectivity index (χ1n) is 9.16. The fourth-order valence-corrected chi connectivity index (χ4v) is 3.29. The zero-order valence-electron chi connectivity index (χ0n) is 15.5. The van der Waals surface area contributed by atoms with Gasteiger partial charge in [-0.1, -0.05) is 12.1 Å². The molecule has 1 N–H and O–H groups in total. The van der Waals surface area contributed by atoms with Gasteiger partial charge in [-0.3, -0.25) is 4.79 Å². The summed E-state index contributed by atoms with van der Waals surface area (Å²) in [4.78, 5) is 12.4. The summed E-state index contributed by atoms with van der Waals surface area (Å²) >= 11 is 0. The Kier molecular flexibility index (Phi) is 6.11. The Morgan fingerprint density at radius 3 is 2.54 bits per heavy atom. The van der Waals surface area contributed by atoms with E-state index in [0.717, 1.165) is 31.7 Å². The SMILES string of the molecule is COc1ccc(CNC(=O)c2cccc(OC3CCCC3)c2)c(C(F)(F)F)c1. The van der Waals surface area contributed by atoms with Gasteiger partial charge < -0.3 is 14.8 Å². The first-order valence-corrected chi connectivity index (χ1v) is 9.16. The number of ether oxygens (including phenoxy) is 2. The number of nitrogens with one attached hydrogen (secondary N) is 1. The van der Waals surface area contributed by atoms with Gasteiger partial charge in [0.25, 0.3) is 5.91 Å². The number of rotatable bonds is 6. The van der Waals surface area contributed by atoms with Crippen LogP contribution in [0.15, 0.2) is 42.5 Å². The molecule has 0 aliphatic heterocycles. The Bertz CT molecular complexity index is 830. The normalized spacial score (nSPS) is 14.7. The van der Waals surface area contributed by atoms with Crippen molar-refractivity contribution < 1.29 is 27.4 Å². The summed E-state index contributed by atoms with van der Waals surface area (Å²) in [5.74, 6) is 0.250. The largest absolute Gasteiger partial charge is 0.497 e. The number of hydrogen-bond donors (Lipinski definition) is 1. The van der Waals surface area contributed by atoms with E-state index < -0.39 is 17.6 Å². The maximum absolute atomic E-state index is 13.3. The van der Waals surface area contributed by atoms with Gasteiger partial charge >= 0.3 is 6.18 Å². The van der Waals surface area contributed by atoms with Crippen LogP contribution in [0.25, 0.3) is 0 Å². The van der Waals surface area contributed by atoms with E-state index in [2.05, 4.69) is 5.32 Å². The van der Waals surface area contributed by atoms with Crippen LogP contribution in [0.1, 0.15) is 47.2 Å². The van der Waals surface area contributed by atoms with Crippen molar-refractivity contribution >= 4 is 5.91 Å². The molecule has 0 spiro atoms. The van der Waals surface area contributed by atoms with Gasteiger partial charge in [-0.2, -0.15) is 13.2 Å². The van der Waals surface area contributed by atoms with Crippen molar-refractivity contribution in [1.29, 1.82) is 0 Å². The molecule has 4 nitrogen and oxygen atoms in total. The molecular formula is C21H22F3NO3. The molecule has 7 heteroatoms. The third-order valence-corrected chi connectivity index (χ3v) is 4.76. The number of hydrogen-bond acceptors (Lipinski definition) is 3. The van der Waals surface area contributed by atoms with Crippen LogP contribution in [0, 0.1) is 0 Å². The summed E-state index contributed by atoms with van der Waals surface area (Å²) in [6, 6.07) is 10.4. The van der Waals surface area contributed by atoms with E-state index in [4.69, 9.17) is 9.47 Å². The van der Waals surface area contributed by atoms with E-state index in [1.165, 1.54) is 19.2 Å².